The maximum Gasteiger partial charge on any atom is 0.307 e. The van der Waals surface area contributed by atoms with Crippen molar-refractivity contribution in [3.8, 4) is 11.5 Å². The van der Waals surface area contributed by atoms with Crippen molar-refractivity contribution in [3.05, 3.63) is 23.8 Å². The Morgan fingerprint density at radius 3 is 2.92 bits per heavy atom. The first kappa shape index (κ1) is 17.0. The summed E-state index contributed by atoms with van der Waals surface area (Å²) in [6.07, 6.45) is 2.85. The minimum atomic E-state index is -0.746. The molecule has 1 aromatic carbocycles. The highest BCUT2D eigenvalue weighted by atomic mass is 16.5. The maximum absolute atomic E-state index is 11.2. The second-order valence-corrected chi connectivity index (χ2v) is 6.75. The minimum absolute atomic E-state index is 0.0162. The predicted molar refractivity (Wildman–Crippen MR) is 90.6 cm³/mol. The number of carbonyl (C=O) groups is 1. The average molecular weight is 334 g/mol. The Bertz CT molecular complexity index is 592. The molecule has 2 aliphatic rings. The topological polar surface area (TPSA) is 71.0 Å². The fourth-order valence-electron chi connectivity index (χ4n) is 3.64. The summed E-state index contributed by atoms with van der Waals surface area (Å²) in [4.78, 5) is 13.5. The van der Waals surface area contributed by atoms with Crippen LogP contribution in [0.5, 0.6) is 11.5 Å². The first-order valence-electron chi connectivity index (χ1n) is 8.56. The molecule has 6 heteroatoms. The second-order valence-electron chi connectivity index (χ2n) is 6.75. The second kappa shape index (κ2) is 7.40. The normalized spacial score (nSPS) is 27.8. The molecule has 24 heavy (non-hydrogen) atoms. The van der Waals surface area contributed by atoms with E-state index in [1.807, 2.05) is 18.2 Å². The third-order valence-electron chi connectivity index (χ3n) is 4.95. The largest absolute Gasteiger partial charge is 0.493 e. The predicted octanol–water partition coefficient (Wildman–Crippen LogP) is 1.90. The molecule has 6 nitrogen and oxygen atoms in total. The standard InChI is InChI=1S/C18H26N2O4/c1-20-8-4-5-13(11-20)24-17-14(6-3-7-16(17)23-2)15-9-12(10-19-15)18(21)22/h3,6-7,12-13,15,19H,4-5,8-11H2,1-2H3,(H,21,22). The number of aliphatic carboxylic acids is 1. The van der Waals surface area contributed by atoms with Gasteiger partial charge in [-0.25, -0.2) is 0 Å². The van der Waals surface area contributed by atoms with Crippen molar-refractivity contribution in [1.82, 2.24) is 10.2 Å². The summed E-state index contributed by atoms with van der Waals surface area (Å²) in [5, 5.41) is 12.6. The summed E-state index contributed by atoms with van der Waals surface area (Å²) < 4.78 is 11.8. The Hall–Kier alpha value is -1.79. The molecular formula is C18H26N2O4. The Labute approximate surface area is 142 Å². The van der Waals surface area contributed by atoms with Crippen LogP contribution >= 0.6 is 0 Å². The molecule has 3 atom stereocenters. The molecular weight excluding hydrogens is 308 g/mol. The van der Waals surface area contributed by atoms with Gasteiger partial charge in [-0.2, -0.15) is 0 Å². The molecule has 2 fully saturated rings. The van der Waals surface area contributed by atoms with Crippen LogP contribution in [0.3, 0.4) is 0 Å². The van der Waals surface area contributed by atoms with Gasteiger partial charge in [0.05, 0.1) is 13.0 Å². The van der Waals surface area contributed by atoms with E-state index in [-0.39, 0.29) is 18.1 Å². The zero-order valence-corrected chi connectivity index (χ0v) is 14.3. The van der Waals surface area contributed by atoms with E-state index < -0.39 is 5.97 Å². The SMILES string of the molecule is COc1cccc(C2CC(C(=O)O)CN2)c1OC1CCCN(C)C1. The molecule has 0 radical (unpaired) electrons. The Morgan fingerprint density at radius 2 is 2.25 bits per heavy atom. The highest BCUT2D eigenvalue weighted by molar-refractivity contribution is 5.71. The van der Waals surface area contributed by atoms with Crippen LogP contribution in [-0.4, -0.2) is 55.9 Å². The van der Waals surface area contributed by atoms with Gasteiger partial charge in [0.2, 0.25) is 0 Å². The van der Waals surface area contributed by atoms with Gasteiger partial charge in [-0.1, -0.05) is 12.1 Å². The van der Waals surface area contributed by atoms with E-state index in [1.165, 1.54) is 0 Å². The van der Waals surface area contributed by atoms with Gasteiger partial charge in [0, 0.05) is 24.7 Å². The number of likely N-dealkylation sites (N-methyl/N-ethyl adjacent to an activating group) is 1. The molecule has 0 spiro atoms. The van der Waals surface area contributed by atoms with Gasteiger partial charge in [-0.05, 0) is 38.9 Å². The van der Waals surface area contributed by atoms with Crippen molar-refractivity contribution >= 4 is 5.97 Å². The molecule has 2 aliphatic heterocycles. The quantitative estimate of drug-likeness (QED) is 0.857. The molecule has 2 heterocycles. The van der Waals surface area contributed by atoms with Crippen molar-refractivity contribution in [1.29, 1.82) is 0 Å². The molecule has 2 N–H and O–H groups in total. The number of hydrogen-bond donors (Lipinski definition) is 2. The molecule has 1 aromatic rings. The maximum atomic E-state index is 11.2. The van der Waals surface area contributed by atoms with E-state index in [4.69, 9.17) is 9.47 Å². The molecule has 3 unspecified atom stereocenters. The van der Waals surface area contributed by atoms with Crippen LogP contribution < -0.4 is 14.8 Å². The number of methoxy groups -OCH3 is 1. The Balaban J connectivity index is 1.82. The van der Waals surface area contributed by atoms with Crippen LogP contribution in [0.1, 0.15) is 30.9 Å². The van der Waals surface area contributed by atoms with Crippen molar-refractivity contribution < 1.29 is 19.4 Å². The molecule has 132 valence electrons. The van der Waals surface area contributed by atoms with Crippen LogP contribution in [0.4, 0.5) is 0 Å². The number of ether oxygens (including phenoxy) is 2. The number of piperidine rings is 1. The van der Waals surface area contributed by atoms with Gasteiger partial charge in [-0.15, -0.1) is 0 Å². The zero-order chi connectivity index (χ0) is 17.1. The van der Waals surface area contributed by atoms with Crippen molar-refractivity contribution in [2.75, 3.05) is 33.8 Å². The number of likely N-dealkylation sites (tertiary alicyclic amines) is 1. The third-order valence-corrected chi connectivity index (χ3v) is 4.95. The Morgan fingerprint density at radius 1 is 1.42 bits per heavy atom. The molecule has 0 bridgehead atoms. The average Bonchev–Trinajstić information content (AvgIpc) is 3.05. The number of para-hydroxylation sites is 1. The van der Waals surface area contributed by atoms with Crippen molar-refractivity contribution in [3.63, 3.8) is 0 Å². The van der Waals surface area contributed by atoms with E-state index in [2.05, 4.69) is 17.3 Å². The number of rotatable bonds is 5. The molecule has 0 aromatic heterocycles. The van der Waals surface area contributed by atoms with Crippen LogP contribution in [0.2, 0.25) is 0 Å². The number of hydrogen-bond acceptors (Lipinski definition) is 5. The molecule has 0 amide bonds. The van der Waals surface area contributed by atoms with Gasteiger partial charge in [0.15, 0.2) is 11.5 Å². The van der Waals surface area contributed by atoms with Gasteiger partial charge in [0.1, 0.15) is 6.10 Å². The molecule has 3 rings (SSSR count). The van der Waals surface area contributed by atoms with E-state index in [0.29, 0.717) is 18.7 Å². The summed E-state index contributed by atoms with van der Waals surface area (Å²) >= 11 is 0. The monoisotopic (exact) mass is 334 g/mol. The fraction of sp³-hybridized carbons (Fsp3) is 0.611. The minimum Gasteiger partial charge on any atom is -0.493 e. The van der Waals surface area contributed by atoms with Crippen LogP contribution in [-0.2, 0) is 4.79 Å². The molecule has 2 saturated heterocycles. The lowest BCUT2D eigenvalue weighted by molar-refractivity contribution is -0.141. The number of benzene rings is 1. The molecule has 0 saturated carbocycles. The lowest BCUT2D eigenvalue weighted by atomic mass is 9.98. The molecule has 0 aliphatic carbocycles. The van der Waals surface area contributed by atoms with Crippen LogP contribution in [0, 0.1) is 5.92 Å². The summed E-state index contributed by atoms with van der Waals surface area (Å²) in [5.41, 5.74) is 0.992. The van der Waals surface area contributed by atoms with E-state index in [0.717, 1.165) is 37.2 Å². The number of nitrogens with one attached hydrogen (secondary N) is 1. The highest BCUT2D eigenvalue weighted by Gasteiger charge is 2.33. The zero-order valence-electron chi connectivity index (χ0n) is 14.3. The summed E-state index contributed by atoms with van der Waals surface area (Å²) in [5.74, 6) is 0.365. The fourth-order valence-corrected chi connectivity index (χ4v) is 3.64. The van der Waals surface area contributed by atoms with E-state index >= 15 is 0 Å². The highest BCUT2D eigenvalue weighted by Crippen LogP contribution is 2.40. The number of carboxylic acids is 1. The van der Waals surface area contributed by atoms with Gasteiger partial charge in [0.25, 0.3) is 0 Å². The summed E-state index contributed by atoms with van der Waals surface area (Å²) in [6.45, 7) is 2.49. The number of nitrogens with zero attached hydrogens (tertiary/aromatic N) is 1. The first-order chi connectivity index (χ1) is 11.6. The number of carboxylic acid groups (broad SMARTS) is 1. The van der Waals surface area contributed by atoms with E-state index in [1.54, 1.807) is 7.11 Å². The van der Waals surface area contributed by atoms with Crippen LogP contribution in [0.15, 0.2) is 18.2 Å². The summed E-state index contributed by atoms with van der Waals surface area (Å²) in [6, 6.07) is 5.82. The summed E-state index contributed by atoms with van der Waals surface area (Å²) in [7, 11) is 3.75. The van der Waals surface area contributed by atoms with Gasteiger partial charge < -0.3 is 24.8 Å². The lowest BCUT2D eigenvalue weighted by Gasteiger charge is -2.31. The van der Waals surface area contributed by atoms with Gasteiger partial charge >= 0.3 is 5.97 Å². The lowest BCUT2D eigenvalue weighted by Crippen LogP contribution is -2.38. The van der Waals surface area contributed by atoms with E-state index in [9.17, 15) is 9.90 Å². The van der Waals surface area contributed by atoms with Crippen molar-refractivity contribution in [2.45, 2.75) is 31.4 Å². The van der Waals surface area contributed by atoms with Crippen molar-refractivity contribution in [2.24, 2.45) is 5.92 Å². The first-order valence-corrected chi connectivity index (χ1v) is 8.56. The smallest absolute Gasteiger partial charge is 0.307 e. The third kappa shape index (κ3) is 3.65. The Kier molecular flexibility index (Phi) is 5.26. The van der Waals surface area contributed by atoms with Crippen LogP contribution in [0.25, 0.3) is 0 Å². The van der Waals surface area contributed by atoms with Gasteiger partial charge in [-0.3, -0.25) is 4.79 Å².